The van der Waals surface area contributed by atoms with Crippen LogP contribution in [0.2, 0.25) is 0 Å². The molecule has 0 spiro atoms. The molecular weight excluding hydrogens is 258 g/mol. The minimum atomic E-state index is 0.150. The van der Waals surface area contributed by atoms with Crippen LogP contribution in [0, 0.1) is 12.8 Å². The number of aryl methyl sites for hydroxylation is 1. The first-order valence-electron chi connectivity index (χ1n) is 7.41. The normalized spacial score (nSPS) is 18.1. The minimum absolute atomic E-state index is 0.150. The van der Waals surface area contributed by atoms with Crippen LogP contribution in [0.1, 0.15) is 25.3 Å². The molecule has 112 valence electrons. The molecule has 2 nitrogen and oxygen atoms in total. The maximum absolute atomic E-state index is 11.3. The van der Waals surface area contributed by atoms with Gasteiger partial charge in [0.15, 0.2) is 0 Å². The predicted octanol–water partition coefficient (Wildman–Crippen LogP) is 4.20. The van der Waals surface area contributed by atoms with Crippen LogP contribution in [-0.2, 0) is 4.79 Å². The van der Waals surface area contributed by atoms with Crippen molar-refractivity contribution >= 4 is 5.91 Å². The van der Waals surface area contributed by atoms with Gasteiger partial charge < -0.3 is 5.32 Å². The minimum Gasteiger partial charge on any atom is -0.356 e. The Hall–Kier alpha value is -2.09. The molecule has 0 bridgehead atoms. The SMILES string of the molecule is C=C/C=C(\C=C/C)CC1CCNC1=O.Cc1ccccc1. The molecule has 1 heterocycles. The maximum atomic E-state index is 11.3. The van der Waals surface area contributed by atoms with Crippen molar-refractivity contribution in [3.05, 3.63) is 72.4 Å². The molecule has 1 aromatic carbocycles. The highest BCUT2D eigenvalue weighted by molar-refractivity contribution is 5.80. The molecule has 1 unspecified atom stereocenters. The molecule has 1 N–H and O–H groups in total. The zero-order valence-corrected chi connectivity index (χ0v) is 13.0. The molecule has 1 atom stereocenters. The van der Waals surface area contributed by atoms with E-state index >= 15 is 0 Å². The third-order valence-electron chi connectivity index (χ3n) is 3.30. The Morgan fingerprint density at radius 1 is 1.38 bits per heavy atom. The fourth-order valence-electron chi connectivity index (χ4n) is 2.22. The van der Waals surface area contributed by atoms with Crippen LogP contribution in [0.3, 0.4) is 0 Å². The molecule has 0 aliphatic carbocycles. The zero-order chi connectivity index (χ0) is 15.5. The summed E-state index contributed by atoms with van der Waals surface area (Å²) in [6.07, 6.45) is 9.52. The number of rotatable bonds is 4. The van der Waals surface area contributed by atoms with Gasteiger partial charge in [-0.15, -0.1) is 0 Å². The molecule has 2 heteroatoms. The first kappa shape index (κ1) is 17.0. The van der Waals surface area contributed by atoms with E-state index in [9.17, 15) is 4.79 Å². The standard InChI is InChI=1S/C12H17NO.C7H8/c1-3-5-10(6-4-2)9-11-7-8-13-12(11)14;1-7-5-3-2-4-6-7/h3-6,11H,1,7-9H2,2H3,(H,13,14);2-6H,1H3/b6-4-,10-5+;. The van der Waals surface area contributed by atoms with Gasteiger partial charge in [0, 0.05) is 12.5 Å². The van der Waals surface area contributed by atoms with Crippen LogP contribution >= 0.6 is 0 Å². The van der Waals surface area contributed by atoms with E-state index in [1.54, 1.807) is 6.08 Å². The average Bonchev–Trinajstić information content (AvgIpc) is 2.86. The van der Waals surface area contributed by atoms with Crippen LogP contribution in [0.15, 0.2) is 66.8 Å². The third-order valence-corrected chi connectivity index (χ3v) is 3.30. The quantitative estimate of drug-likeness (QED) is 0.825. The van der Waals surface area contributed by atoms with Crippen LogP contribution in [-0.4, -0.2) is 12.5 Å². The second-order valence-corrected chi connectivity index (χ2v) is 5.11. The number of carbonyl (C=O) groups excluding carboxylic acids is 1. The number of allylic oxidation sites excluding steroid dienone is 5. The van der Waals surface area contributed by atoms with Gasteiger partial charge in [0.1, 0.15) is 0 Å². The van der Waals surface area contributed by atoms with E-state index in [1.165, 1.54) is 11.1 Å². The summed E-state index contributed by atoms with van der Waals surface area (Å²) in [6, 6.07) is 10.3. The molecule has 0 radical (unpaired) electrons. The number of benzene rings is 1. The Labute approximate surface area is 128 Å². The molecule has 1 aliphatic rings. The fraction of sp³-hybridized carbons (Fsp3) is 0.316. The molecule has 1 fully saturated rings. The van der Waals surface area contributed by atoms with Gasteiger partial charge in [0.2, 0.25) is 5.91 Å². The van der Waals surface area contributed by atoms with Crippen molar-refractivity contribution in [3.8, 4) is 0 Å². The van der Waals surface area contributed by atoms with Gasteiger partial charge in [0.25, 0.3) is 0 Å². The van der Waals surface area contributed by atoms with Gasteiger partial charge >= 0.3 is 0 Å². The smallest absolute Gasteiger partial charge is 0.223 e. The van der Waals surface area contributed by atoms with Gasteiger partial charge in [-0.2, -0.15) is 0 Å². The van der Waals surface area contributed by atoms with Crippen molar-refractivity contribution in [1.82, 2.24) is 5.32 Å². The lowest BCUT2D eigenvalue weighted by atomic mass is 9.97. The Balaban J connectivity index is 0.000000262. The molecule has 1 aliphatic heterocycles. The monoisotopic (exact) mass is 283 g/mol. The summed E-state index contributed by atoms with van der Waals surface area (Å²) in [5, 5.41) is 2.84. The van der Waals surface area contributed by atoms with E-state index in [-0.39, 0.29) is 11.8 Å². The summed E-state index contributed by atoms with van der Waals surface area (Å²) < 4.78 is 0. The van der Waals surface area contributed by atoms with E-state index in [4.69, 9.17) is 0 Å². The first-order valence-corrected chi connectivity index (χ1v) is 7.41. The van der Waals surface area contributed by atoms with E-state index in [0.29, 0.717) is 0 Å². The second kappa shape index (κ2) is 9.76. The second-order valence-electron chi connectivity index (χ2n) is 5.11. The van der Waals surface area contributed by atoms with E-state index in [2.05, 4.69) is 31.0 Å². The van der Waals surface area contributed by atoms with Gasteiger partial charge in [-0.1, -0.05) is 66.8 Å². The summed E-state index contributed by atoms with van der Waals surface area (Å²) >= 11 is 0. The number of hydrogen-bond acceptors (Lipinski definition) is 1. The predicted molar refractivity (Wildman–Crippen MR) is 90.0 cm³/mol. The number of amides is 1. The summed E-state index contributed by atoms with van der Waals surface area (Å²) in [4.78, 5) is 11.3. The Morgan fingerprint density at radius 3 is 2.52 bits per heavy atom. The number of nitrogens with one attached hydrogen (secondary N) is 1. The zero-order valence-electron chi connectivity index (χ0n) is 13.0. The largest absolute Gasteiger partial charge is 0.356 e. The summed E-state index contributed by atoms with van der Waals surface area (Å²) in [6.45, 7) is 8.55. The van der Waals surface area contributed by atoms with Crippen LogP contribution in [0.4, 0.5) is 0 Å². The number of carbonyl (C=O) groups is 1. The van der Waals surface area contributed by atoms with Crippen LogP contribution < -0.4 is 5.32 Å². The van der Waals surface area contributed by atoms with Crippen LogP contribution in [0.25, 0.3) is 0 Å². The van der Waals surface area contributed by atoms with Crippen molar-refractivity contribution < 1.29 is 4.79 Å². The molecule has 1 amide bonds. The van der Waals surface area contributed by atoms with E-state index < -0.39 is 0 Å². The Bertz CT molecular complexity index is 500. The lowest BCUT2D eigenvalue weighted by Gasteiger charge is -2.06. The fourth-order valence-corrected chi connectivity index (χ4v) is 2.22. The summed E-state index contributed by atoms with van der Waals surface area (Å²) in [7, 11) is 0. The first-order chi connectivity index (χ1) is 10.2. The molecule has 21 heavy (non-hydrogen) atoms. The molecular formula is C19H25NO. The summed E-state index contributed by atoms with van der Waals surface area (Å²) in [5.74, 6) is 0.335. The van der Waals surface area contributed by atoms with Gasteiger partial charge in [-0.25, -0.2) is 0 Å². The molecule has 1 aromatic rings. The lowest BCUT2D eigenvalue weighted by molar-refractivity contribution is -0.122. The average molecular weight is 283 g/mol. The van der Waals surface area contributed by atoms with E-state index in [1.807, 2.05) is 43.4 Å². The van der Waals surface area contributed by atoms with Gasteiger partial charge in [0.05, 0.1) is 0 Å². The molecule has 0 aromatic heterocycles. The van der Waals surface area contributed by atoms with Crippen molar-refractivity contribution in [2.75, 3.05) is 6.54 Å². The van der Waals surface area contributed by atoms with Crippen molar-refractivity contribution in [2.45, 2.75) is 26.7 Å². The van der Waals surface area contributed by atoms with Crippen molar-refractivity contribution in [3.63, 3.8) is 0 Å². The summed E-state index contributed by atoms with van der Waals surface area (Å²) in [5.41, 5.74) is 2.49. The van der Waals surface area contributed by atoms with Gasteiger partial charge in [-0.05, 0) is 32.3 Å². The van der Waals surface area contributed by atoms with Gasteiger partial charge in [-0.3, -0.25) is 4.79 Å². The lowest BCUT2D eigenvalue weighted by Crippen LogP contribution is -2.19. The van der Waals surface area contributed by atoms with Crippen molar-refractivity contribution in [2.24, 2.45) is 5.92 Å². The highest BCUT2D eigenvalue weighted by Gasteiger charge is 2.23. The molecule has 2 rings (SSSR count). The highest BCUT2D eigenvalue weighted by Crippen LogP contribution is 2.20. The van der Waals surface area contributed by atoms with E-state index in [0.717, 1.165) is 19.4 Å². The maximum Gasteiger partial charge on any atom is 0.223 e. The third kappa shape index (κ3) is 6.75. The highest BCUT2D eigenvalue weighted by atomic mass is 16.2. The topological polar surface area (TPSA) is 29.1 Å². The van der Waals surface area contributed by atoms with Crippen molar-refractivity contribution in [1.29, 1.82) is 0 Å². The Morgan fingerprint density at radius 2 is 2.10 bits per heavy atom. The van der Waals surface area contributed by atoms with Crippen LogP contribution in [0.5, 0.6) is 0 Å². The Kier molecular flexibility index (Phi) is 7.88. The molecule has 1 saturated heterocycles. The molecule has 0 saturated carbocycles. The number of hydrogen-bond donors (Lipinski definition) is 1.